The molecular formula is C14H23N3O2. The van der Waals surface area contributed by atoms with E-state index in [1.165, 1.54) is 5.56 Å². The summed E-state index contributed by atoms with van der Waals surface area (Å²) in [5.41, 5.74) is 1.19. The topological polar surface area (TPSA) is 57.6 Å². The molecule has 0 aromatic carbocycles. The van der Waals surface area contributed by atoms with Gasteiger partial charge in [-0.1, -0.05) is 0 Å². The monoisotopic (exact) mass is 265 g/mol. The van der Waals surface area contributed by atoms with Gasteiger partial charge in [-0.05, 0) is 24.6 Å². The summed E-state index contributed by atoms with van der Waals surface area (Å²) in [7, 11) is 0. The highest BCUT2D eigenvalue weighted by molar-refractivity contribution is 5.13. The summed E-state index contributed by atoms with van der Waals surface area (Å²) in [6, 6.07) is 4.21. The minimum atomic E-state index is -0.345. The van der Waals surface area contributed by atoms with E-state index in [9.17, 15) is 5.11 Å². The molecule has 2 heterocycles. The van der Waals surface area contributed by atoms with Crippen LogP contribution in [0, 0.1) is 0 Å². The fourth-order valence-corrected chi connectivity index (χ4v) is 2.23. The van der Waals surface area contributed by atoms with Gasteiger partial charge in [0.2, 0.25) is 0 Å². The van der Waals surface area contributed by atoms with Gasteiger partial charge in [-0.15, -0.1) is 0 Å². The van der Waals surface area contributed by atoms with Gasteiger partial charge in [-0.3, -0.25) is 9.88 Å². The fraction of sp³-hybridized carbons (Fsp3) is 0.643. The smallest absolute Gasteiger partial charge is 0.0791 e. The molecule has 1 aliphatic rings. The molecule has 0 aliphatic carbocycles. The van der Waals surface area contributed by atoms with E-state index in [1.54, 1.807) is 12.4 Å². The highest BCUT2D eigenvalue weighted by atomic mass is 16.5. The van der Waals surface area contributed by atoms with Crippen LogP contribution < -0.4 is 5.32 Å². The maximum Gasteiger partial charge on any atom is 0.0791 e. The summed E-state index contributed by atoms with van der Waals surface area (Å²) >= 11 is 0. The van der Waals surface area contributed by atoms with E-state index in [4.69, 9.17) is 4.74 Å². The largest absolute Gasteiger partial charge is 0.390 e. The summed E-state index contributed by atoms with van der Waals surface area (Å²) in [5.74, 6) is 0. The Morgan fingerprint density at radius 1 is 1.37 bits per heavy atom. The standard InChI is InChI=1S/C14H23N3O2/c1-12(13-2-4-15-5-3-13)16-10-14(18)11-17-6-8-19-9-7-17/h2-5,12,14,16,18H,6-11H2,1H3/t12-,14?/m0/s1. The first-order chi connectivity index (χ1) is 9.25. The summed E-state index contributed by atoms with van der Waals surface area (Å²) in [6.07, 6.45) is 3.23. The van der Waals surface area contributed by atoms with Crippen LogP contribution in [-0.4, -0.2) is 60.5 Å². The Hall–Kier alpha value is -1.01. The SMILES string of the molecule is C[C@H](NCC(O)CN1CCOCC1)c1ccncc1. The molecule has 1 aromatic heterocycles. The summed E-state index contributed by atoms with van der Waals surface area (Å²) < 4.78 is 5.29. The zero-order chi connectivity index (χ0) is 13.5. The first kappa shape index (κ1) is 14.4. The Bertz CT molecular complexity index is 355. The number of aromatic nitrogens is 1. The highest BCUT2D eigenvalue weighted by Gasteiger charge is 2.15. The number of nitrogens with one attached hydrogen (secondary N) is 1. The van der Waals surface area contributed by atoms with Crippen LogP contribution in [0.2, 0.25) is 0 Å². The Morgan fingerprint density at radius 3 is 2.74 bits per heavy atom. The number of pyridine rings is 1. The third-order valence-electron chi connectivity index (χ3n) is 3.44. The molecule has 0 bridgehead atoms. The fourth-order valence-electron chi connectivity index (χ4n) is 2.23. The summed E-state index contributed by atoms with van der Waals surface area (Å²) in [6.45, 7) is 6.77. The van der Waals surface area contributed by atoms with Crippen molar-refractivity contribution in [3.05, 3.63) is 30.1 Å². The number of rotatable bonds is 6. The maximum absolute atomic E-state index is 10.0. The van der Waals surface area contributed by atoms with Gasteiger partial charge in [0.25, 0.3) is 0 Å². The third-order valence-corrected chi connectivity index (χ3v) is 3.44. The number of aliphatic hydroxyl groups excluding tert-OH is 1. The first-order valence-electron chi connectivity index (χ1n) is 6.87. The van der Waals surface area contributed by atoms with Gasteiger partial charge in [-0.2, -0.15) is 0 Å². The molecular weight excluding hydrogens is 242 g/mol. The molecule has 1 aliphatic heterocycles. The molecule has 1 saturated heterocycles. The van der Waals surface area contributed by atoms with Gasteiger partial charge in [0.1, 0.15) is 0 Å². The van der Waals surface area contributed by atoms with E-state index < -0.39 is 0 Å². The number of nitrogens with zero attached hydrogens (tertiary/aromatic N) is 2. The molecule has 2 rings (SSSR count). The van der Waals surface area contributed by atoms with Gasteiger partial charge in [0, 0.05) is 44.6 Å². The van der Waals surface area contributed by atoms with E-state index >= 15 is 0 Å². The van der Waals surface area contributed by atoms with Gasteiger partial charge in [0.05, 0.1) is 19.3 Å². The van der Waals surface area contributed by atoms with Crippen molar-refractivity contribution in [3.8, 4) is 0 Å². The minimum Gasteiger partial charge on any atom is -0.390 e. The number of hydrogen-bond donors (Lipinski definition) is 2. The van der Waals surface area contributed by atoms with Gasteiger partial charge < -0.3 is 15.2 Å². The first-order valence-corrected chi connectivity index (χ1v) is 6.87. The van der Waals surface area contributed by atoms with Gasteiger partial charge >= 0.3 is 0 Å². The summed E-state index contributed by atoms with van der Waals surface area (Å²) in [5, 5.41) is 13.4. The molecule has 5 heteroatoms. The molecule has 19 heavy (non-hydrogen) atoms. The Labute approximate surface area is 114 Å². The molecule has 1 fully saturated rings. The van der Waals surface area contributed by atoms with E-state index in [0.29, 0.717) is 13.1 Å². The average Bonchev–Trinajstić information content (AvgIpc) is 2.47. The maximum atomic E-state index is 10.0. The van der Waals surface area contributed by atoms with Crippen LogP contribution in [0.1, 0.15) is 18.5 Å². The van der Waals surface area contributed by atoms with Crippen molar-refractivity contribution in [1.82, 2.24) is 15.2 Å². The molecule has 0 radical (unpaired) electrons. The van der Waals surface area contributed by atoms with Crippen LogP contribution >= 0.6 is 0 Å². The lowest BCUT2D eigenvalue weighted by atomic mass is 10.1. The van der Waals surface area contributed by atoms with Crippen LogP contribution in [0.15, 0.2) is 24.5 Å². The van der Waals surface area contributed by atoms with E-state index in [1.807, 2.05) is 12.1 Å². The predicted octanol–water partition coefficient (Wildman–Crippen LogP) is 0.425. The van der Waals surface area contributed by atoms with E-state index in [0.717, 1.165) is 26.3 Å². The molecule has 1 aromatic rings. The Morgan fingerprint density at radius 2 is 2.05 bits per heavy atom. The zero-order valence-electron chi connectivity index (χ0n) is 11.5. The van der Waals surface area contributed by atoms with Crippen LogP contribution in [-0.2, 0) is 4.74 Å². The van der Waals surface area contributed by atoms with Gasteiger partial charge in [0.15, 0.2) is 0 Å². The van der Waals surface area contributed by atoms with Crippen LogP contribution in [0.3, 0.4) is 0 Å². The quantitative estimate of drug-likeness (QED) is 0.781. The number of β-amino-alcohol motifs (C(OH)–C–C–N with tert-alkyl or cyclic N) is 1. The predicted molar refractivity (Wildman–Crippen MR) is 73.9 cm³/mol. The number of ether oxygens (including phenoxy) is 1. The molecule has 0 spiro atoms. The van der Waals surface area contributed by atoms with Crippen LogP contribution in [0.4, 0.5) is 0 Å². The van der Waals surface area contributed by atoms with Crippen molar-refractivity contribution in [2.75, 3.05) is 39.4 Å². The number of hydrogen-bond acceptors (Lipinski definition) is 5. The molecule has 0 saturated carbocycles. The molecule has 106 valence electrons. The lowest BCUT2D eigenvalue weighted by molar-refractivity contribution is 0.0145. The third kappa shape index (κ3) is 4.87. The van der Waals surface area contributed by atoms with Crippen LogP contribution in [0.5, 0.6) is 0 Å². The second kappa shape index (κ2) is 7.55. The molecule has 5 nitrogen and oxygen atoms in total. The van der Waals surface area contributed by atoms with Crippen molar-refractivity contribution in [3.63, 3.8) is 0 Å². The number of aliphatic hydroxyl groups is 1. The van der Waals surface area contributed by atoms with Gasteiger partial charge in [-0.25, -0.2) is 0 Å². The second-order valence-corrected chi connectivity index (χ2v) is 4.98. The van der Waals surface area contributed by atoms with Crippen LogP contribution in [0.25, 0.3) is 0 Å². The van der Waals surface area contributed by atoms with Crippen molar-refractivity contribution in [2.45, 2.75) is 19.1 Å². The zero-order valence-corrected chi connectivity index (χ0v) is 11.5. The lowest BCUT2D eigenvalue weighted by Crippen LogP contribution is -2.44. The average molecular weight is 265 g/mol. The number of morpholine rings is 1. The molecule has 1 unspecified atom stereocenters. The van der Waals surface area contributed by atoms with Crippen molar-refractivity contribution in [2.24, 2.45) is 0 Å². The molecule has 0 amide bonds. The molecule has 2 N–H and O–H groups in total. The van der Waals surface area contributed by atoms with E-state index in [-0.39, 0.29) is 12.1 Å². The lowest BCUT2D eigenvalue weighted by Gasteiger charge is -2.29. The van der Waals surface area contributed by atoms with Crippen molar-refractivity contribution >= 4 is 0 Å². The molecule has 2 atom stereocenters. The Kier molecular flexibility index (Phi) is 5.72. The van der Waals surface area contributed by atoms with E-state index in [2.05, 4.69) is 22.1 Å². The summed E-state index contributed by atoms with van der Waals surface area (Å²) in [4.78, 5) is 6.25. The van der Waals surface area contributed by atoms with Crippen molar-refractivity contribution in [1.29, 1.82) is 0 Å². The van der Waals surface area contributed by atoms with Crippen molar-refractivity contribution < 1.29 is 9.84 Å². The normalized spacial score (nSPS) is 20.1. The minimum absolute atomic E-state index is 0.224. The second-order valence-electron chi connectivity index (χ2n) is 4.98. The highest BCUT2D eigenvalue weighted by Crippen LogP contribution is 2.10. The Balaban J connectivity index is 1.69.